The fraction of sp³-hybridized carbons (Fsp3) is 0.227. The molecule has 30 heavy (non-hydrogen) atoms. The number of hydrogen-bond acceptors (Lipinski definition) is 6. The third-order valence-corrected chi connectivity index (χ3v) is 4.82. The molecule has 0 saturated heterocycles. The van der Waals surface area contributed by atoms with E-state index in [2.05, 4.69) is 15.3 Å². The number of rotatable bonds is 6. The second-order valence-electron chi connectivity index (χ2n) is 6.86. The quantitative estimate of drug-likeness (QED) is 0.607. The maximum absolute atomic E-state index is 13.5. The number of nitrogens with one attached hydrogen (secondary N) is 1. The van der Waals surface area contributed by atoms with Gasteiger partial charge in [-0.25, -0.2) is 14.4 Å². The highest BCUT2D eigenvalue weighted by atomic mass is 19.1. The molecule has 7 nitrogen and oxygen atoms in total. The van der Waals surface area contributed by atoms with Crippen molar-refractivity contribution in [3.8, 4) is 17.4 Å². The summed E-state index contributed by atoms with van der Waals surface area (Å²) in [6.45, 7) is -0.0269. The summed E-state index contributed by atoms with van der Waals surface area (Å²) in [6, 6.07) is 10.7. The molecule has 1 aliphatic carbocycles. The maximum atomic E-state index is 13.5. The third kappa shape index (κ3) is 4.08. The van der Waals surface area contributed by atoms with Crippen molar-refractivity contribution >= 4 is 16.9 Å². The van der Waals surface area contributed by atoms with Crippen molar-refractivity contribution < 1.29 is 23.8 Å². The van der Waals surface area contributed by atoms with E-state index >= 15 is 0 Å². The lowest BCUT2D eigenvalue weighted by atomic mass is 10.2. The SMILES string of the molecule is COc1cc(F)ccc1Oc1nc2ccccc2nc1C(=O)NC1C=C(CO)CC1. The van der Waals surface area contributed by atoms with Crippen molar-refractivity contribution in [2.75, 3.05) is 13.7 Å². The lowest BCUT2D eigenvalue weighted by molar-refractivity contribution is 0.0936. The summed E-state index contributed by atoms with van der Waals surface area (Å²) in [7, 11) is 1.40. The molecule has 0 spiro atoms. The molecule has 154 valence electrons. The van der Waals surface area contributed by atoms with Crippen molar-refractivity contribution in [2.45, 2.75) is 18.9 Å². The minimum absolute atomic E-state index is 0.00549. The number of aromatic nitrogens is 2. The number of amides is 1. The first-order valence-electron chi connectivity index (χ1n) is 9.47. The summed E-state index contributed by atoms with van der Waals surface area (Å²) in [4.78, 5) is 21.9. The topological polar surface area (TPSA) is 93.6 Å². The zero-order valence-electron chi connectivity index (χ0n) is 16.3. The number of aliphatic hydroxyl groups excluding tert-OH is 1. The number of methoxy groups -OCH3 is 1. The Balaban J connectivity index is 1.71. The first-order valence-corrected chi connectivity index (χ1v) is 9.47. The van der Waals surface area contributed by atoms with E-state index in [1.807, 2.05) is 6.08 Å². The molecule has 1 heterocycles. The van der Waals surface area contributed by atoms with E-state index in [1.54, 1.807) is 24.3 Å². The van der Waals surface area contributed by atoms with E-state index in [-0.39, 0.29) is 35.7 Å². The van der Waals surface area contributed by atoms with E-state index < -0.39 is 11.7 Å². The molecule has 1 unspecified atom stereocenters. The van der Waals surface area contributed by atoms with Gasteiger partial charge in [-0.2, -0.15) is 0 Å². The molecule has 2 aromatic carbocycles. The number of ether oxygens (including phenoxy) is 2. The van der Waals surface area contributed by atoms with Crippen molar-refractivity contribution in [3.63, 3.8) is 0 Å². The zero-order valence-corrected chi connectivity index (χ0v) is 16.3. The van der Waals surface area contributed by atoms with Crippen molar-refractivity contribution in [1.82, 2.24) is 15.3 Å². The molecular weight excluding hydrogens is 389 g/mol. The fourth-order valence-electron chi connectivity index (χ4n) is 3.31. The van der Waals surface area contributed by atoms with E-state index in [9.17, 15) is 14.3 Å². The van der Waals surface area contributed by atoms with Gasteiger partial charge >= 0.3 is 0 Å². The summed E-state index contributed by atoms with van der Waals surface area (Å²) < 4.78 is 24.5. The lowest BCUT2D eigenvalue weighted by Crippen LogP contribution is -2.33. The minimum atomic E-state index is -0.477. The maximum Gasteiger partial charge on any atom is 0.276 e. The molecule has 0 fully saturated rings. The lowest BCUT2D eigenvalue weighted by Gasteiger charge is -2.15. The standard InChI is InChI=1S/C22H20FN3O4/c1-29-19-11-14(23)7-9-18(19)30-22-20(25-16-4-2-3-5-17(16)26-22)21(28)24-15-8-6-13(10-15)12-27/h2-5,7,9-11,15,27H,6,8,12H2,1H3,(H,24,28). The second-order valence-corrected chi connectivity index (χ2v) is 6.86. The van der Waals surface area contributed by atoms with Crippen LogP contribution in [0.25, 0.3) is 11.0 Å². The number of para-hydroxylation sites is 2. The molecule has 1 atom stereocenters. The number of aliphatic hydroxyl groups is 1. The van der Waals surface area contributed by atoms with Crippen molar-refractivity contribution in [2.24, 2.45) is 0 Å². The summed E-state index contributed by atoms with van der Waals surface area (Å²) in [5.41, 5.74) is 1.98. The Morgan fingerprint density at radius 3 is 2.67 bits per heavy atom. The Bertz CT molecular complexity index is 1130. The molecule has 1 aromatic heterocycles. The van der Waals surface area contributed by atoms with Gasteiger partial charge in [-0.15, -0.1) is 0 Å². The smallest absolute Gasteiger partial charge is 0.276 e. The van der Waals surface area contributed by atoms with E-state index in [4.69, 9.17) is 9.47 Å². The van der Waals surface area contributed by atoms with Gasteiger partial charge < -0.3 is 19.9 Å². The van der Waals surface area contributed by atoms with Crippen LogP contribution in [0, 0.1) is 5.82 Å². The first kappa shape index (κ1) is 19.8. The van der Waals surface area contributed by atoms with Gasteiger partial charge in [0.25, 0.3) is 11.8 Å². The Hall–Kier alpha value is -3.52. The predicted octanol–water partition coefficient (Wildman–Crippen LogP) is 3.38. The van der Waals surface area contributed by atoms with Crippen LogP contribution in [0.1, 0.15) is 23.3 Å². The van der Waals surface area contributed by atoms with Crippen molar-refractivity contribution in [3.05, 3.63) is 65.6 Å². The molecule has 0 radical (unpaired) electrons. The normalized spacial score (nSPS) is 15.7. The van der Waals surface area contributed by atoms with Crippen LogP contribution >= 0.6 is 0 Å². The highest BCUT2D eigenvalue weighted by molar-refractivity contribution is 5.96. The number of halogens is 1. The number of fused-ring (bicyclic) bond motifs is 1. The first-order chi connectivity index (χ1) is 14.6. The zero-order chi connectivity index (χ0) is 21.1. The van der Waals surface area contributed by atoms with Gasteiger partial charge in [0.1, 0.15) is 5.82 Å². The number of hydrogen-bond donors (Lipinski definition) is 2. The molecular formula is C22H20FN3O4. The van der Waals surface area contributed by atoms with E-state index in [0.29, 0.717) is 17.5 Å². The molecule has 8 heteroatoms. The van der Waals surface area contributed by atoms with Crippen LogP contribution in [0.3, 0.4) is 0 Å². The largest absolute Gasteiger partial charge is 0.493 e. The Morgan fingerprint density at radius 2 is 1.97 bits per heavy atom. The second kappa shape index (κ2) is 8.46. The summed E-state index contributed by atoms with van der Waals surface area (Å²) in [5, 5.41) is 12.2. The van der Waals surface area contributed by atoms with Gasteiger partial charge in [0, 0.05) is 12.1 Å². The van der Waals surface area contributed by atoms with Gasteiger partial charge in [0.2, 0.25) is 0 Å². The van der Waals surface area contributed by atoms with Crippen LogP contribution in [0.15, 0.2) is 54.1 Å². The van der Waals surface area contributed by atoms with Crippen LogP contribution in [-0.4, -0.2) is 40.7 Å². The van der Waals surface area contributed by atoms with Gasteiger partial charge in [-0.3, -0.25) is 4.79 Å². The molecule has 4 rings (SSSR count). The Morgan fingerprint density at radius 1 is 1.20 bits per heavy atom. The molecule has 2 N–H and O–H groups in total. The van der Waals surface area contributed by atoms with E-state index in [1.165, 1.54) is 25.3 Å². The van der Waals surface area contributed by atoms with Crippen LogP contribution in [0.5, 0.6) is 17.4 Å². The highest BCUT2D eigenvalue weighted by Gasteiger charge is 2.24. The molecule has 0 saturated carbocycles. The molecule has 0 bridgehead atoms. The van der Waals surface area contributed by atoms with Crippen LogP contribution in [0.2, 0.25) is 0 Å². The number of benzene rings is 2. The summed E-state index contributed by atoms with van der Waals surface area (Å²) in [6.07, 6.45) is 3.27. The monoisotopic (exact) mass is 409 g/mol. The average Bonchev–Trinajstić information content (AvgIpc) is 3.22. The van der Waals surface area contributed by atoms with Gasteiger partial charge in [0.05, 0.1) is 24.8 Å². The third-order valence-electron chi connectivity index (χ3n) is 4.82. The van der Waals surface area contributed by atoms with Crippen LogP contribution < -0.4 is 14.8 Å². The number of carbonyl (C=O) groups is 1. The van der Waals surface area contributed by atoms with Gasteiger partial charge in [0.15, 0.2) is 17.2 Å². The average molecular weight is 409 g/mol. The Kier molecular flexibility index (Phi) is 5.58. The van der Waals surface area contributed by atoms with Gasteiger partial charge in [-0.1, -0.05) is 18.2 Å². The van der Waals surface area contributed by atoms with Crippen LogP contribution in [-0.2, 0) is 0 Å². The highest BCUT2D eigenvalue weighted by Crippen LogP contribution is 2.33. The molecule has 3 aromatic rings. The van der Waals surface area contributed by atoms with Gasteiger partial charge in [-0.05, 0) is 42.7 Å². The van der Waals surface area contributed by atoms with Crippen LogP contribution in [0.4, 0.5) is 4.39 Å². The number of nitrogens with zero attached hydrogens (tertiary/aromatic N) is 2. The Labute approximate surface area is 172 Å². The molecule has 0 aliphatic heterocycles. The van der Waals surface area contributed by atoms with E-state index in [0.717, 1.165) is 12.0 Å². The minimum Gasteiger partial charge on any atom is -0.493 e. The summed E-state index contributed by atoms with van der Waals surface area (Å²) >= 11 is 0. The van der Waals surface area contributed by atoms with Crippen molar-refractivity contribution in [1.29, 1.82) is 0 Å². The predicted molar refractivity (Wildman–Crippen MR) is 108 cm³/mol. The summed E-state index contributed by atoms with van der Waals surface area (Å²) in [5.74, 6) is -0.566. The fourth-order valence-corrected chi connectivity index (χ4v) is 3.31. The molecule has 1 aliphatic rings. The number of carbonyl (C=O) groups excluding carboxylic acids is 1. The molecule has 1 amide bonds.